The van der Waals surface area contributed by atoms with E-state index in [4.69, 9.17) is 14.2 Å². The van der Waals surface area contributed by atoms with Gasteiger partial charge in [-0.1, -0.05) is 262 Å². The van der Waals surface area contributed by atoms with E-state index in [1.165, 1.54) is 154 Å². The molecule has 8 unspecified atom stereocenters. The van der Waals surface area contributed by atoms with Crippen LogP contribution in [-0.4, -0.2) is 99.6 Å². The van der Waals surface area contributed by atoms with Crippen LogP contribution in [0.25, 0.3) is 0 Å². The molecule has 1 fully saturated rings. The molecule has 1 amide bonds. The van der Waals surface area contributed by atoms with Crippen molar-refractivity contribution in [3.63, 3.8) is 0 Å². The summed E-state index contributed by atoms with van der Waals surface area (Å²) in [6, 6.07) is -1.03. The minimum absolute atomic E-state index is 0.124. The molecular weight excluding hydrogens is 931 g/mol. The van der Waals surface area contributed by atoms with Gasteiger partial charge in [-0.15, -0.1) is 0 Å². The zero-order chi connectivity index (χ0) is 54.0. The van der Waals surface area contributed by atoms with Crippen molar-refractivity contribution in [3.8, 4) is 0 Å². The van der Waals surface area contributed by atoms with Gasteiger partial charge in [0, 0.05) is 6.42 Å². The van der Waals surface area contributed by atoms with Crippen LogP contribution >= 0.6 is 0 Å². The first-order chi connectivity index (χ1) is 36.2. The van der Waals surface area contributed by atoms with Crippen LogP contribution in [0.3, 0.4) is 0 Å². The number of carbonyl (C=O) groups is 2. The van der Waals surface area contributed by atoms with Gasteiger partial charge in [-0.05, 0) is 57.8 Å². The van der Waals surface area contributed by atoms with Gasteiger partial charge in [0.1, 0.15) is 24.4 Å². The largest absolute Gasteiger partial charge is 0.454 e. The molecule has 74 heavy (non-hydrogen) atoms. The lowest BCUT2D eigenvalue weighted by Gasteiger charge is -2.41. The van der Waals surface area contributed by atoms with Crippen molar-refractivity contribution in [2.75, 3.05) is 13.2 Å². The standard InChI is InChI=1S/C63H115NO10/c1-4-7-10-13-16-19-22-24-25-26-27-28-29-30-31-33-36-39-42-45-48-51-58(68)74-61-60(70)59(69)57(52-65)73-63(61)72-53-54(55(66)49-46-43-40-37-34-21-18-15-12-9-6-3)64-62(71)56(67)50-47-44-41-38-35-32-23-20-17-14-11-8-5-2/h8,11,17,20,32,35,46,49,54-57,59-61,63,65-67,69-70H,4-7,9-10,12-16,18-19,21-31,33-34,36-45,47-48,50-53H2,1-3H3,(H,64,71)/b11-8+,20-17+,35-32+,49-46+. The van der Waals surface area contributed by atoms with Crippen LogP contribution in [-0.2, 0) is 23.8 Å². The van der Waals surface area contributed by atoms with Crippen molar-refractivity contribution >= 4 is 11.9 Å². The van der Waals surface area contributed by atoms with Crippen LogP contribution < -0.4 is 5.32 Å². The molecule has 432 valence electrons. The molecule has 1 heterocycles. The van der Waals surface area contributed by atoms with E-state index in [1.54, 1.807) is 6.08 Å². The highest BCUT2D eigenvalue weighted by molar-refractivity contribution is 5.80. The Balaban J connectivity index is 2.63. The highest BCUT2D eigenvalue weighted by Gasteiger charge is 2.47. The van der Waals surface area contributed by atoms with E-state index in [0.717, 1.165) is 77.0 Å². The van der Waals surface area contributed by atoms with Gasteiger partial charge in [-0.2, -0.15) is 0 Å². The third kappa shape index (κ3) is 39.1. The lowest BCUT2D eigenvalue weighted by atomic mass is 9.99. The third-order valence-corrected chi connectivity index (χ3v) is 14.5. The molecule has 1 rings (SSSR count). The second-order valence-electron chi connectivity index (χ2n) is 21.4. The SMILES string of the molecule is CC/C=C/C/C=C/C/C=C/CCCCCC(O)C(=O)NC(COC1OC(CO)C(O)C(O)C1OC(=O)CCCCCCCCCCCCCCCCCCCCCCC)C(O)/C=C/CCCCCCCCCCC. The molecular formula is C63H115NO10. The monoisotopic (exact) mass is 1050 g/mol. The van der Waals surface area contributed by atoms with Crippen LogP contribution in [0.5, 0.6) is 0 Å². The molecule has 1 aliphatic heterocycles. The first-order valence-electron chi connectivity index (χ1n) is 30.9. The smallest absolute Gasteiger partial charge is 0.306 e. The Labute approximate surface area is 453 Å². The van der Waals surface area contributed by atoms with Gasteiger partial charge in [-0.25, -0.2) is 0 Å². The van der Waals surface area contributed by atoms with E-state index in [0.29, 0.717) is 12.8 Å². The molecule has 0 bridgehead atoms. The molecule has 0 aromatic carbocycles. The third-order valence-electron chi connectivity index (χ3n) is 14.5. The summed E-state index contributed by atoms with van der Waals surface area (Å²) in [5, 5.41) is 56.8. The average molecular weight is 1050 g/mol. The predicted octanol–water partition coefficient (Wildman–Crippen LogP) is 14.4. The summed E-state index contributed by atoms with van der Waals surface area (Å²) >= 11 is 0. The number of aliphatic hydroxyl groups is 5. The number of allylic oxidation sites excluding steroid dienone is 7. The Hall–Kier alpha value is -2.38. The highest BCUT2D eigenvalue weighted by Crippen LogP contribution is 2.26. The number of unbranched alkanes of at least 4 members (excludes halogenated alkanes) is 32. The molecule has 0 aliphatic carbocycles. The fraction of sp³-hybridized carbons (Fsp3) is 0.841. The number of hydrogen-bond donors (Lipinski definition) is 6. The average Bonchev–Trinajstić information content (AvgIpc) is 3.40. The maximum absolute atomic E-state index is 13.4. The van der Waals surface area contributed by atoms with E-state index >= 15 is 0 Å². The quantitative estimate of drug-likeness (QED) is 0.0195. The minimum atomic E-state index is -1.61. The minimum Gasteiger partial charge on any atom is -0.454 e. The molecule has 0 aromatic heterocycles. The van der Waals surface area contributed by atoms with E-state index in [1.807, 2.05) is 6.08 Å². The van der Waals surface area contributed by atoms with Gasteiger partial charge in [0.25, 0.3) is 0 Å². The number of rotatable bonds is 52. The van der Waals surface area contributed by atoms with Gasteiger partial charge in [0.15, 0.2) is 12.4 Å². The summed E-state index contributed by atoms with van der Waals surface area (Å²) in [4.78, 5) is 26.5. The van der Waals surface area contributed by atoms with Crippen LogP contribution in [0.2, 0.25) is 0 Å². The fourth-order valence-corrected chi connectivity index (χ4v) is 9.61. The summed E-state index contributed by atoms with van der Waals surface area (Å²) in [6.45, 7) is 5.67. The fourth-order valence-electron chi connectivity index (χ4n) is 9.61. The molecule has 0 saturated carbocycles. The van der Waals surface area contributed by atoms with Crippen LogP contribution in [0.15, 0.2) is 48.6 Å². The van der Waals surface area contributed by atoms with Crippen LogP contribution in [0.4, 0.5) is 0 Å². The second kappa shape index (κ2) is 51.4. The summed E-state index contributed by atoms with van der Waals surface area (Å²) in [5.41, 5.74) is 0. The van der Waals surface area contributed by atoms with Gasteiger partial charge >= 0.3 is 5.97 Å². The topological polar surface area (TPSA) is 175 Å². The maximum Gasteiger partial charge on any atom is 0.306 e. The molecule has 1 aliphatic rings. The molecule has 11 nitrogen and oxygen atoms in total. The molecule has 0 spiro atoms. The summed E-state index contributed by atoms with van der Waals surface area (Å²) < 4.78 is 17.6. The number of carbonyl (C=O) groups excluding carboxylic acids is 2. The number of ether oxygens (including phenoxy) is 3. The Kier molecular flexibility index (Phi) is 48.3. The van der Waals surface area contributed by atoms with E-state index < -0.39 is 67.4 Å². The zero-order valence-electron chi connectivity index (χ0n) is 47.7. The lowest BCUT2D eigenvalue weighted by molar-refractivity contribution is -0.305. The molecule has 6 N–H and O–H groups in total. The van der Waals surface area contributed by atoms with E-state index in [9.17, 15) is 35.1 Å². The van der Waals surface area contributed by atoms with Crippen LogP contribution in [0.1, 0.15) is 278 Å². The Bertz CT molecular complexity index is 1390. The van der Waals surface area contributed by atoms with E-state index in [2.05, 4.69) is 62.5 Å². The Morgan fingerprint density at radius 2 is 0.973 bits per heavy atom. The van der Waals surface area contributed by atoms with Crippen molar-refractivity contribution in [1.82, 2.24) is 5.32 Å². The highest BCUT2D eigenvalue weighted by atomic mass is 16.7. The second-order valence-corrected chi connectivity index (χ2v) is 21.4. The number of aliphatic hydroxyl groups excluding tert-OH is 5. The first kappa shape index (κ1) is 69.6. The number of hydrogen-bond acceptors (Lipinski definition) is 10. The first-order valence-corrected chi connectivity index (χ1v) is 30.9. The zero-order valence-corrected chi connectivity index (χ0v) is 47.7. The van der Waals surface area contributed by atoms with Gasteiger partial charge < -0.3 is 45.1 Å². The number of nitrogens with one attached hydrogen (secondary N) is 1. The summed E-state index contributed by atoms with van der Waals surface area (Å²) in [7, 11) is 0. The molecule has 0 aromatic rings. The van der Waals surface area contributed by atoms with Crippen molar-refractivity contribution in [1.29, 1.82) is 0 Å². The summed E-state index contributed by atoms with van der Waals surface area (Å²) in [5.74, 6) is -1.21. The Morgan fingerprint density at radius 1 is 0.541 bits per heavy atom. The molecule has 11 heteroatoms. The van der Waals surface area contributed by atoms with Crippen molar-refractivity contribution in [3.05, 3.63) is 48.6 Å². The number of esters is 1. The normalized spacial score (nSPS) is 19.6. The predicted molar refractivity (Wildman–Crippen MR) is 306 cm³/mol. The van der Waals surface area contributed by atoms with Crippen molar-refractivity contribution < 1.29 is 49.3 Å². The maximum atomic E-state index is 13.4. The molecule has 1 saturated heterocycles. The van der Waals surface area contributed by atoms with Crippen molar-refractivity contribution in [2.45, 2.75) is 327 Å². The van der Waals surface area contributed by atoms with E-state index in [-0.39, 0.29) is 19.4 Å². The molecule has 8 atom stereocenters. The number of amides is 1. The van der Waals surface area contributed by atoms with Crippen molar-refractivity contribution in [2.24, 2.45) is 0 Å². The van der Waals surface area contributed by atoms with Gasteiger partial charge in [0.2, 0.25) is 5.91 Å². The molecule has 0 radical (unpaired) electrons. The van der Waals surface area contributed by atoms with Crippen LogP contribution in [0, 0.1) is 0 Å². The van der Waals surface area contributed by atoms with Gasteiger partial charge in [-0.3, -0.25) is 9.59 Å². The lowest BCUT2D eigenvalue weighted by Crippen LogP contribution is -2.61. The Morgan fingerprint density at radius 3 is 1.46 bits per heavy atom. The summed E-state index contributed by atoms with van der Waals surface area (Å²) in [6.07, 6.45) is 51.7. The van der Waals surface area contributed by atoms with Gasteiger partial charge in [0.05, 0.1) is 25.4 Å².